The van der Waals surface area contributed by atoms with E-state index < -0.39 is 0 Å². The molecule has 0 unspecified atom stereocenters. The number of hydrogen-bond acceptors (Lipinski definition) is 5. The molecule has 0 atom stereocenters. The van der Waals surface area contributed by atoms with Crippen molar-refractivity contribution in [2.45, 2.75) is 32.2 Å². The maximum atomic E-state index is 6.26. The smallest absolute Gasteiger partial charge is 0.184 e. The molecule has 1 aliphatic heterocycles. The molecule has 124 valence electrons. The largest absolute Gasteiger partial charge is 0.355 e. The van der Waals surface area contributed by atoms with Gasteiger partial charge in [-0.1, -0.05) is 47.9 Å². The van der Waals surface area contributed by atoms with Crippen LogP contribution in [0.2, 0.25) is 5.02 Å². The van der Waals surface area contributed by atoms with Gasteiger partial charge in [-0.3, -0.25) is 0 Å². The molecule has 1 fully saturated rings. The molecule has 7 heteroatoms. The fourth-order valence-electron chi connectivity index (χ4n) is 3.19. The fourth-order valence-corrected chi connectivity index (χ4v) is 3.38. The monoisotopic (exact) mass is 342 g/mol. The summed E-state index contributed by atoms with van der Waals surface area (Å²) in [7, 11) is 0. The van der Waals surface area contributed by atoms with Gasteiger partial charge < -0.3 is 4.90 Å². The third kappa shape index (κ3) is 2.94. The maximum Gasteiger partial charge on any atom is 0.184 e. The van der Waals surface area contributed by atoms with Crippen molar-refractivity contribution in [2.75, 3.05) is 18.0 Å². The van der Waals surface area contributed by atoms with Crippen molar-refractivity contribution in [1.82, 2.24) is 25.0 Å². The highest BCUT2D eigenvalue weighted by molar-refractivity contribution is 6.31. The number of hydrogen-bond donors (Lipinski definition) is 0. The number of fused-ring (bicyclic) bond motifs is 1. The van der Waals surface area contributed by atoms with Gasteiger partial charge in [-0.15, -0.1) is 5.10 Å². The molecular weight excluding hydrogens is 324 g/mol. The van der Waals surface area contributed by atoms with Crippen molar-refractivity contribution < 1.29 is 0 Å². The van der Waals surface area contributed by atoms with Gasteiger partial charge in [0.1, 0.15) is 6.33 Å². The molecule has 0 amide bonds. The standard InChI is InChI=1S/C17H19ClN6/c18-14-8-4-3-7-13(14)11-24-17-15(21-22-24)16(19-12-20-17)23-9-5-1-2-6-10-23/h3-4,7-8,12H,1-2,5-6,9-11H2. The lowest BCUT2D eigenvalue weighted by atomic mass is 10.2. The second-order valence-corrected chi connectivity index (χ2v) is 6.52. The Bertz CT molecular complexity index is 838. The average Bonchev–Trinajstić information content (AvgIpc) is 2.82. The highest BCUT2D eigenvalue weighted by Gasteiger charge is 2.18. The minimum Gasteiger partial charge on any atom is -0.355 e. The Balaban J connectivity index is 1.69. The summed E-state index contributed by atoms with van der Waals surface area (Å²) < 4.78 is 1.79. The molecule has 0 saturated carbocycles. The Morgan fingerprint density at radius 2 is 1.79 bits per heavy atom. The molecule has 0 spiro atoms. The van der Waals surface area contributed by atoms with Gasteiger partial charge in [-0.05, 0) is 24.5 Å². The normalized spacial score (nSPS) is 15.6. The molecule has 0 aliphatic carbocycles. The molecule has 0 bridgehead atoms. The highest BCUT2D eigenvalue weighted by Crippen LogP contribution is 2.24. The van der Waals surface area contributed by atoms with Gasteiger partial charge in [-0.2, -0.15) is 0 Å². The first-order valence-electron chi connectivity index (χ1n) is 8.35. The third-order valence-electron chi connectivity index (χ3n) is 4.46. The summed E-state index contributed by atoms with van der Waals surface area (Å²) in [6, 6.07) is 7.77. The van der Waals surface area contributed by atoms with Crippen LogP contribution in [-0.2, 0) is 6.54 Å². The zero-order valence-electron chi connectivity index (χ0n) is 13.4. The predicted molar refractivity (Wildman–Crippen MR) is 94.4 cm³/mol. The van der Waals surface area contributed by atoms with E-state index in [1.807, 2.05) is 24.3 Å². The second kappa shape index (κ2) is 6.73. The van der Waals surface area contributed by atoms with Crippen molar-refractivity contribution in [3.05, 3.63) is 41.2 Å². The van der Waals surface area contributed by atoms with Gasteiger partial charge >= 0.3 is 0 Å². The van der Waals surface area contributed by atoms with Gasteiger partial charge in [0.15, 0.2) is 17.0 Å². The van der Waals surface area contributed by atoms with Crippen LogP contribution in [0.15, 0.2) is 30.6 Å². The molecule has 3 aromatic rings. The van der Waals surface area contributed by atoms with Gasteiger partial charge in [0.05, 0.1) is 6.54 Å². The highest BCUT2D eigenvalue weighted by atomic mass is 35.5. The number of rotatable bonds is 3. The maximum absolute atomic E-state index is 6.26. The van der Waals surface area contributed by atoms with Crippen LogP contribution in [0.4, 0.5) is 5.82 Å². The predicted octanol–water partition coefficient (Wildman–Crippen LogP) is 3.30. The van der Waals surface area contributed by atoms with Crippen LogP contribution in [0.3, 0.4) is 0 Å². The lowest BCUT2D eigenvalue weighted by Gasteiger charge is -2.20. The van der Waals surface area contributed by atoms with E-state index in [-0.39, 0.29) is 0 Å². The van der Waals surface area contributed by atoms with E-state index in [9.17, 15) is 0 Å². The topological polar surface area (TPSA) is 59.7 Å². The van der Waals surface area contributed by atoms with E-state index in [1.165, 1.54) is 25.7 Å². The summed E-state index contributed by atoms with van der Waals surface area (Å²) in [5.74, 6) is 0.896. The van der Waals surface area contributed by atoms with Crippen molar-refractivity contribution in [3.8, 4) is 0 Å². The Morgan fingerprint density at radius 3 is 2.58 bits per heavy atom. The molecule has 4 rings (SSSR count). The summed E-state index contributed by atoms with van der Waals surface area (Å²) in [6.07, 6.45) is 6.56. The van der Waals surface area contributed by atoms with E-state index in [0.29, 0.717) is 6.54 Å². The first kappa shape index (κ1) is 15.3. The molecule has 0 N–H and O–H groups in total. The summed E-state index contributed by atoms with van der Waals surface area (Å²) in [5.41, 5.74) is 2.52. The SMILES string of the molecule is Clc1ccccc1Cn1nnc2c(N3CCCCCC3)ncnc21. The number of aromatic nitrogens is 5. The number of halogens is 1. The average molecular weight is 343 g/mol. The molecule has 6 nitrogen and oxygen atoms in total. The van der Waals surface area contributed by atoms with Crippen LogP contribution in [0.1, 0.15) is 31.2 Å². The fraction of sp³-hybridized carbons (Fsp3) is 0.412. The minimum atomic E-state index is 0.548. The van der Waals surface area contributed by atoms with Gasteiger partial charge in [-0.25, -0.2) is 14.6 Å². The van der Waals surface area contributed by atoms with E-state index in [1.54, 1.807) is 11.0 Å². The molecule has 1 aliphatic rings. The number of benzene rings is 1. The lowest BCUT2D eigenvalue weighted by molar-refractivity contribution is 0.664. The van der Waals surface area contributed by atoms with Gasteiger partial charge in [0.25, 0.3) is 0 Å². The quantitative estimate of drug-likeness (QED) is 0.731. The lowest BCUT2D eigenvalue weighted by Crippen LogP contribution is -2.25. The van der Waals surface area contributed by atoms with E-state index in [4.69, 9.17) is 11.6 Å². The Kier molecular flexibility index (Phi) is 4.30. The summed E-state index contributed by atoms with van der Waals surface area (Å²) >= 11 is 6.26. The summed E-state index contributed by atoms with van der Waals surface area (Å²) in [6.45, 7) is 2.58. The molecule has 2 aromatic heterocycles. The first-order valence-corrected chi connectivity index (χ1v) is 8.73. The first-order chi connectivity index (χ1) is 11.8. The minimum absolute atomic E-state index is 0.548. The second-order valence-electron chi connectivity index (χ2n) is 6.11. The summed E-state index contributed by atoms with van der Waals surface area (Å²) in [5, 5.41) is 9.37. The van der Waals surface area contributed by atoms with Crippen LogP contribution in [0.25, 0.3) is 11.2 Å². The number of anilines is 1. The van der Waals surface area contributed by atoms with E-state index in [0.717, 1.165) is 40.7 Å². The molecule has 24 heavy (non-hydrogen) atoms. The third-order valence-corrected chi connectivity index (χ3v) is 4.83. The molecule has 0 radical (unpaired) electrons. The van der Waals surface area contributed by atoms with Crippen molar-refractivity contribution >= 4 is 28.6 Å². The van der Waals surface area contributed by atoms with E-state index in [2.05, 4.69) is 25.2 Å². The van der Waals surface area contributed by atoms with Crippen LogP contribution < -0.4 is 4.90 Å². The van der Waals surface area contributed by atoms with Crippen molar-refractivity contribution in [3.63, 3.8) is 0 Å². The molecular formula is C17H19ClN6. The van der Waals surface area contributed by atoms with Crippen LogP contribution in [-0.4, -0.2) is 38.1 Å². The van der Waals surface area contributed by atoms with Crippen LogP contribution >= 0.6 is 11.6 Å². The Labute approximate surface area is 145 Å². The Hall–Kier alpha value is -2.21. The Morgan fingerprint density at radius 1 is 1.00 bits per heavy atom. The molecule has 3 heterocycles. The van der Waals surface area contributed by atoms with Gasteiger partial charge in [0, 0.05) is 18.1 Å². The van der Waals surface area contributed by atoms with Crippen LogP contribution in [0, 0.1) is 0 Å². The number of nitrogens with zero attached hydrogens (tertiary/aromatic N) is 6. The van der Waals surface area contributed by atoms with E-state index >= 15 is 0 Å². The summed E-state index contributed by atoms with van der Waals surface area (Å²) in [4.78, 5) is 11.2. The molecule has 1 saturated heterocycles. The van der Waals surface area contributed by atoms with Crippen LogP contribution in [0.5, 0.6) is 0 Å². The zero-order chi connectivity index (χ0) is 16.4. The van der Waals surface area contributed by atoms with Crippen molar-refractivity contribution in [1.29, 1.82) is 0 Å². The molecule has 1 aromatic carbocycles. The zero-order valence-corrected chi connectivity index (χ0v) is 14.2. The van der Waals surface area contributed by atoms with Gasteiger partial charge in [0.2, 0.25) is 0 Å². The van der Waals surface area contributed by atoms with Crippen molar-refractivity contribution in [2.24, 2.45) is 0 Å².